The van der Waals surface area contributed by atoms with Crippen LogP contribution in [0.5, 0.6) is 0 Å². The Morgan fingerprint density at radius 3 is 1.79 bits per heavy atom. The second-order valence-electron chi connectivity index (χ2n) is 7.15. The summed E-state index contributed by atoms with van der Waals surface area (Å²) in [6, 6.07) is 6.40. The third-order valence-electron chi connectivity index (χ3n) is 5.03. The van der Waals surface area contributed by atoms with Crippen molar-refractivity contribution in [3.05, 3.63) is 59.2 Å². The van der Waals surface area contributed by atoms with Crippen LogP contribution in [0.4, 0.5) is 8.78 Å². The molecule has 10 heteroatoms. The summed E-state index contributed by atoms with van der Waals surface area (Å²) in [6.07, 6.45) is 0. The van der Waals surface area contributed by atoms with E-state index in [0.29, 0.717) is 11.1 Å². The molecule has 0 aliphatic carbocycles. The minimum absolute atomic E-state index is 0.0871. The third-order valence-corrected chi connectivity index (χ3v) is 9.20. The molecule has 1 aliphatic heterocycles. The highest BCUT2D eigenvalue weighted by molar-refractivity contribution is 7.89. The van der Waals surface area contributed by atoms with Crippen LogP contribution in [-0.2, 0) is 20.0 Å². The van der Waals surface area contributed by atoms with E-state index in [4.69, 9.17) is 0 Å². The summed E-state index contributed by atoms with van der Waals surface area (Å²) < 4.78 is 81.6. The highest BCUT2D eigenvalue weighted by Crippen LogP contribution is 2.28. The zero-order chi connectivity index (χ0) is 21.6. The molecule has 0 amide bonds. The van der Waals surface area contributed by atoms with E-state index < -0.39 is 37.7 Å². The molecule has 1 saturated heterocycles. The molecule has 158 valence electrons. The van der Waals surface area contributed by atoms with Crippen molar-refractivity contribution in [3.8, 4) is 0 Å². The van der Waals surface area contributed by atoms with Crippen LogP contribution in [0, 0.1) is 25.5 Å². The van der Waals surface area contributed by atoms with Gasteiger partial charge in [-0.15, -0.1) is 0 Å². The predicted molar refractivity (Wildman–Crippen MR) is 104 cm³/mol. The largest absolute Gasteiger partial charge is 0.243 e. The molecule has 0 radical (unpaired) electrons. The van der Waals surface area contributed by atoms with Gasteiger partial charge in [0, 0.05) is 25.7 Å². The molecule has 3 rings (SSSR count). The first-order chi connectivity index (χ1) is 13.4. The first kappa shape index (κ1) is 21.8. The molecule has 1 heterocycles. The normalized spacial score (nSPS) is 19.4. The molecular weight excluding hydrogens is 422 g/mol. The minimum atomic E-state index is -4.00. The fourth-order valence-electron chi connectivity index (χ4n) is 3.45. The number of rotatable bonds is 4. The Bertz CT molecular complexity index is 1150. The zero-order valence-electron chi connectivity index (χ0n) is 16.3. The van der Waals surface area contributed by atoms with Gasteiger partial charge in [0.25, 0.3) is 0 Å². The Morgan fingerprint density at radius 1 is 0.828 bits per heavy atom. The smallest absolute Gasteiger partial charge is 0.207 e. The van der Waals surface area contributed by atoms with E-state index in [1.54, 1.807) is 20.8 Å². The maximum atomic E-state index is 13.6. The van der Waals surface area contributed by atoms with Gasteiger partial charge in [0.05, 0.1) is 9.79 Å². The summed E-state index contributed by atoms with van der Waals surface area (Å²) in [6.45, 7) is 4.47. The molecule has 0 bridgehead atoms. The van der Waals surface area contributed by atoms with E-state index in [1.807, 2.05) is 0 Å². The lowest BCUT2D eigenvalue weighted by molar-refractivity contribution is 0.212. The van der Waals surface area contributed by atoms with Gasteiger partial charge in [-0.2, -0.15) is 8.61 Å². The zero-order valence-corrected chi connectivity index (χ0v) is 17.9. The number of hydrogen-bond acceptors (Lipinski definition) is 4. The molecule has 2 aromatic rings. The number of sulfonamides is 2. The fraction of sp³-hybridized carbons (Fsp3) is 0.368. The van der Waals surface area contributed by atoms with Crippen molar-refractivity contribution < 1.29 is 25.6 Å². The first-order valence-electron chi connectivity index (χ1n) is 8.99. The van der Waals surface area contributed by atoms with Crippen molar-refractivity contribution in [2.24, 2.45) is 0 Å². The highest BCUT2D eigenvalue weighted by atomic mass is 32.2. The molecule has 1 fully saturated rings. The summed E-state index contributed by atoms with van der Waals surface area (Å²) in [5, 5.41) is 0. The molecule has 1 aliphatic rings. The average Bonchev–Trinajstić information content (AvgIpc) is 2.65. The summed E-state index contributed by atoms with van der Waals surface area (Å²) in [4.78, 5) is -0.274. The van der Waals surface area contributed by atoms with Crippen molar-refractivity contribution in [2.75, 3.05) is 19.6 Å². The van der Waals surface area contributed by atoms with Crippen LogP contribution in [0.15, 0.2) is 46.2 Å². The second-order valence-corrected chi connectivity index (χ2v) is 10.9. The second kappa shape index (κ2) is 7.75. The number of halogens is 2. The topological polar surface area (TPSA) is 74.8 Å². The summed E-state index contributed by atoms with van der Waals surface area (Å²) in [5.41, 5.74) is 0.813. The van der Waals surface area contributed by atoms with Gasteiger partial charge in [-0.05, 0) is 56.2 Å². The molecular formula is C19H22F2N2O4S2. The Labute approximate surface area is 169 Å². The molecule has 1 atom stereocenters. The molecule has 0 saturated carbocycles. The molecule has 0 spiro atoms. The van der Waals surface area contributed by atoms with Crippen LogP contribution >= 0.6 is 0 Å². The first-order valence-corrected chi connectivity index (χ1v) is 11.9. The van der Waals surface area contributed by atoms with Gasteiger partial charge in [-0.1, -0.05) is 12.1 Å². The maximum Gasteiger partial charge on any atom is 0.243 e. The van der Waals surface area contributed by atoms with Crippen molar-refractivity contribution >= 4 is 20.0 Å². The van der Waals surface area contributed by atoms with E-state index in [0.717, 1.165) is 16.4 Å². The molecule has 6 nitrogen and oxygen atoms in total. The fourth-order valence-corrected chi connectivity index (χ4v) is 7.05. The van der Waals surface area contributed by atoms with E-state index in [9.17, 15) is 25.6 Å². The van der Waals surface area contributed by atoms with E-state index in [-0.39, 0.29) is 29.4 Å². The lowest BCUT2D eigenvalue weighted by Gasteiger charge is -2.38. The van der Waals surface area contributed by atoms with Crippen molar-refractivity contribution in [1.82, 2.24) is 8.61 Å². The highest BCUT2D eigenvalue weighted by Gasteiger charge is 2.39. The van der Waals surface area contributed by atoms with Gasteiger partial charge in [0.2, 0.25) is 20.0 Å². The van der Waals surface area contributed by atoms with Gasteiger partial charge in [0.15, 0.2) is 0 Å². The Hall–Kier alpha value is -1.88. The van der Waals surface area contributed by atoms with Crippen LogP contribution in [0.3, 0.4) is 0 Å². The van der Waals surface area contributed by atoms with Crippen molar-refractivity contribution in [2.45, 2.75) is 36.6 Å². The van der Waals surface area contributed by atoms with Crippen LogP contribution < -0.4 is 0 Å². The number of benzene rings is 2. The Morgan fingerprint density at radius 2 is 1.31 bits per heavy atom. The number of hydrogen-bond donors (Lipinski definition) is 0. The van der Waals surface area contributed by atoms with E-state index in [2.05, 4.69) is 0 Å². The van der Waals surface area contributed by atoms with Gasteiger partial charge in [0.1, 0.15) is 11.6 Å². The number of nitrogens with zero attached hydrogens (tertiary/aromatic N) is 2. The van der Waals surface area contributed by atoms with Gasteiger partial charge in [-0.3, -0.25) is 0 Å². The van der Waals surface area contributed by atoms with Gasteiger partial charge < -0.3 is 0 Å². The Balaban J connectivity index is 1.89. The monoisotopic (exact) mass is 444 g/mol. The summed E-state index contributed by atoms with van der Waals surface area (Å²) in [5.74, 6) is -1.32. The molecule has 29 heavy (non-hydrogen) atoms. The minimum Gasteiger partial charge on any atom is -0.207 e. The number of aryl methyl sites for hydroxylation is 2. The Kier molecular flexibility index (Phi) is 5.83. The lowest BCUT2D eigenvalue weighted by Crippen LogP contribution is -2.55. The summed E-state index contributed by atoms with van der Waals surface area (Å²) in [7, 11) is -7.99. The molecule has 0 N–H and O–H groups in total. The maximum absolute atomic E-state index is 13.6. The molecule has 0 aromatic heterocycles. The molecule has 2 aromatic carbocycles. The van der Waals surface area contributed by atoms with Crippen LogP contribution in [0.2, 0.25) is 0 Å². The van der Waals surface area contributed by atoms with Crippen LogP contribution in [-0.4, -0.2) is 51.1 Å². The van der Waals surface area contributed by atoms with E-state index >= 15 is 0 Å². The van der Waals surface area contributed by atoms with Crippen LogP contribution in [0.25, 0.3) is 0 Å². The van der Waals surface area contributed by atoms with Gasteiger partial charge in [-0.25, -0.2) is 25.6 Å². The third kappa shape index (κ3) is 4.07. The quantitative estimate of drug-likeness (QED) is 0.727. The van der Waals surface area contributed by atoms with Crippen molar-refractivity contribution in [1.29, 1.82) is 0 Å². The molecule has 1 unspecified atom stereocenters. The summed E-state index contributed by atoms with van der Waals surface area (Å²) >= 11 is 0. The standard InChI is InChI=1S/C19H22F2N2O4S2/c1-13-4-6-16(20)10-18(13)28(24,25)22-8-9-23(15(3)12-22)29(26,27)19-11-17(21)7-5-14(19)2/h4-7,10-11,15H,8-9,12H2,1-3H3. The van der Waals surface area contributed by atoms with Gasteiger partial charge >= 0.3 is 0 Å². The lowest BCUT2D eigenvalue weighted by atomic mass is 10.2. The SMILES string of the molecule is Cc1ccc(F)cc1S(=O)(=O)N1CCN(S(=O)(=O)c2cc(F)ccc2C)C(C)C1. The van der Waals surface area contributed by atoms with E-state index in [1.165, 1.54) is 28.6 Å². The van der Waals surface area contributed by atoms with Crippen molar-refractivity contribution in [3.63, 3.8) is 0 Å². The van der Waals surface area contributed by atoms with Crippen LogP contribution in [0.1, 0.15) is 18.1 Å². The predicted octanol–water partition coefficient (Wildman–Crippen LogP) is 2.67. The average molecular weight is 445 g/mol. The number of piperazine rings is 1.